The molecule has 1 fully saturated rings. The third kappa shape index (κ3) is 5.06. The van der Waals surface area contributed by atoms with E-state index in [1.54, 1.807) is 0 Å². The Hall–Kier alpha value is -0.420. The molecular weight excluding hydrogens is 244 g/mol. The number of guanidine groups is 1. The van der Waals surface area contributed by atoms with Crippen molar-refractivity contribution >= 4 is 17.7 Å². The van der Waals surface area contributed by atoms with Gasteiger partial charge in [0.05, 0.1) is 0 Å². The fourth-order valence-electron chi connectivity index (χ4n) is 2.30. The van der Waals surface area contributed by atoms with E-state index in [1.165, 1.54) is 19.4 Å². The van der Waals surface area contributed by atoms with Crippen LogP contribution < -0.4 is 10.6 Å². The van der Waals surface area contributed by atoms with Gasteiger partial charge >= 0.3 is 0 Å². The SMILES string of the molecule is CCN1CCCC1CNC(=NC)NCC(C)SC. The summed E-state index contributed by atoms with van der Waals surface area (Å²) in [5.41, 5.74) is 0. The number of thioether (sulfide) groups is 1. The first-order chi connectivity index (χ1) is 8.71. The van der Waals surface area contributed by atoms with Crippen LogP contribution >= 0.6 is 11.8 Å². The Morgan fingerprint density at radius 3 is 2.89 bits per heavy atom. The summed E-state index contributed by atoms with van der Waals surface area (Å²) in [5.74, 6) is 0.929. The number of hydrogen-bond donors (Lipinski definition) is 2. The molecule has 2 N–H and O–H groups in total. The standard InChI is InChI=1S/C13H28N4S/c1-5-17-8-6-7-12(17)10-16-13(14-3)15-9-11(2)18-4/h11-12H,5-10H2,1-4H3,(H2,14,15,16). The van der Waals surface area contributed by atoms with E-state index in [0.717, 1.165) is 25.6 Å². The van der Waals surface area contributed by atoms with Gasteiger partial charge in [-0.25, -0.2) is 0 Å². The van der Waals surface area contributed by atoms with E-state index < -0.39 is 0 Å². The van der Waals surface area contributed by atoms with Gasteiger partial charge in [0.2, 0.25) is 0 Å². The van der Waals surface area contributed by atoms with E-state index in [0.29, 0.717) is 11.3 Å². The third-order valence-corrected chi connectivity index (χ3v) is 4.56. The van der Waals surface area contributed by atoms with Crippen molar-refractivity contribution in [2.45, 2.75) is 38.0 Å². The summed E-state index contributed by atoms with van der Waals surface area (Å²) in [6.45, 7) is 8.83. The van der Waals surface area contributed by atoms with Crippen LogP contribution in [-0.2, 0) is 0 Å². The molecule has 1 heterocycles. The molecule has 18 heavy (non-hydrogen) atoms. The first-order valence-electron chi connectivity index (χ1n) is 6.92. The largest absolute Gasteiger partial charge is 0.355 e. The quantitative estimate of drug-likeness (QED) is 0.566. The van der Waals surface area contributed by atoms with E-state index in [-0.39, 0.29) is 0 Å². The third-order valence-electron chi connectivity index (χ3n) is 3.59. The van der Waals surface area contributed by atoms with Gasteiger partial charge in [0.1, 0.15) is 0 Å². The molecule has 2 atom stereocenters. The van der Waals surface area contributed by atoms with Crippen LogP contribution in [0.2, 0.25) is 0 Å². The molecule has 0 aliphatic carbocycles. The molecule has 0 aromatic rings. The van der Waals surface area contributed by atoms with Crippen LogP contribution in [0.25, 0.3) is 0 Å². The lowest BCUT2D eigenvalue weighted by atomic mass is 10.2. The molecular formula is C13H28N4S. The summed E-state index contributed by atoms with van der Waals surface area (Å²) in [7, 11) is 1.84. The van der Waals surface area contributed by atoms with Crippen molar-refractivity contribution in [3.63, 3.8) is 0 Å². The Morgan fingerprint density at radius 1 is 1.50 bits per heavy atom. The van der Waals surface area contributed by atoms with Gasteiger partial charge in [0.25, 0.3) is 0 Å². The molecule has 2 unspecified atom stereocenters. The first-order valence-corrected chi connectivity index (χ1v) is 8.21. The van der Waals surface area contributed by atoms with Crippen LogP contribution in [-0.4, -0.2) is 61.6 Å². The molecule has 106 valence electrons. The second-order valence-corrected chi connectivity index (χ2v) is 6.08. The second kappa shape index (κ2) is 8.64. The highest BCUT2D eigenvalue weighted by molar-refractivity contribution is 7.99. The Bertz CT molecular complexity index is 257. The van der Waals surface area contributed by atoms with Crippen LogP contribution in [0, 0.1) is 0 Å². The number of nitrogens with zero attached hydrogens (tertiary/aromatic N) is 2. The Labute approximate surface area is 116 Å². The molecule has 0 radical (unpaired) electrons. The first kappa shape index (κ1) is 15.6. The maximum absolute atomic E-state index is 4.27. The van der Waals surface area contributed by atoms with E-state index in [2.05, 4.69) is 40.6 Å². The number of likely N-dealkylation sites (tertiary alicyclic amines) is 1. The number of rotatable bonds is 6. The summed E-state index contributed by atoms with van der Waals surface area (Å²) in [6.07, 6.45) is 4.77. The van der Waals surface area contributed by atoms with Crippen molar-refractivity contribution in [3.05, 3.63) is 0 Å². The zero-order valence-corrected chi connectivity index (χ0v) is 13.0. The molecule has 0 saturated carbocycles. The average Bonchev–Trinajstić information content (AvgIpc) is 2.86. The molecule has 0 amide bonds. The summed E-state index contributed by atoms with van der Waals surface area (Å²) in [5, 5.41) is 7.43. The smallest absolute Gasteiger partial charge is 0.191 e. The van der Waals surface area contributed by atoms with Crippen LogP contribution in [0.1, 0.15) is 26.7 Å². The minimum absolute atomic E-state index is 0.613. The lowest BCUT2D eigenvalue weighted by Gasteiger charge is -2.24. The van der Waals surface area contributed by atoms with Gasteiger partial charge in [-0.05, 0) is 32.2 Å². The summed E-state index contributed by atoms with van der Waals surface area (Å²) < 4.78 is 0. The number of hydrogen-bond acceptors (Lipinski definition) is 3. The molecule has 0 bridgehead atoms. The van der Waals surface area contributed by atoms with Crippen LogP contribution in [0.15, 0.2) is 4.99 Å². The lowest BCUT2D eigenvalue weighted by Crippen LogP contribution is -2.45. The maximum Gasteiger partial charge on any atom is 0.191 e. The van der Waals surface area contributed by atoms with Crippen molar-refractivity contribution in [2.75, 3.05) is 39.5 Å². The van der Waals surface area contributed by atoms with Crippen LogP contribution in [0.3, 0.4) is 0 Å². The van der Waals surface area contributed by atoms with Gasteiger partial charge in [-0.3, -0.25) is 9.89 Å². The molecule has 1 saturated heterocycles. The zero-order chi connectivity index (χ0) is 13.4. The Balaban J connectivity index is 2.27. The molecule has 0 aromatic carbocycles. The van der Waals surface area contributed by atoms with E-state index in [1.807, 2.05) is 18.8 Å². The van der Waals surface area contributed by atoms with Crippen molar-refractivity contribution in [2.24, 2.45) is 4.99 Å². The maximum atomic E-state index is 4.27. The average molecular weight is 272 g/mol. The molecule has 4 nitrogen and oxygen atoms in total. The zero-order valence-electron chi connectivity index (χ0n) is 12.2. The Morgan fingerprint density at radius 2 is 2.28 bits per heavy atom. The highest BCUT2D eigenvalue weighted by Gasteiger charge is 2.22. The fourth-order valence-corrected chi connectivity index (χ4v) is 2.55. The summed E-state index contributed by atoms with van der Waals surface area (Å²) >= 11 is 1.87. The molecule has 5 heteroatoms. The van der Waals surface area contributed by atoms with E-state index >= 15 is 0 Å². The van der Waals surface area contributed by atoms with Gasteiger partial charge in [-0.1, -0.05) is 13.8 Å². The van der Waals surface area contributed by atoms with Crippen molar-refractivity contribution in [1.82, 2.24) is 15.5 Å². The predicted octanol–water partition coefficient (Wildman–Crippen LogP) is 1.39. The number of nitrogens with one attached hydrogen (secondary N) is 2. The minimum atomic E-state index is 0.613. The highest BCUT2D eigenvalue weighted by atomic mass is 32.2. The molecule has 0 aromatic heterocycles. The summed E-state index contributed by atoms with van der Waals surface area (Å²) in [4.78, 5) is 6.82. The van der Waals surface area contributed by atoms with Gasteiger partial charge in [-0.15, -0.1) is 0 Å². The Kier molecular flexibility index (Phi) is 7.51. The van der Waals surface area contributed by atoms with Crippen LogP contribution in [0.5, 0.6) is 0 Å². The second-order valence-electron chi connectivity index (χ2n) is 4.80. The van der Waals surface area contributed by atoms with Gasteiger partial charge in [0, 0.05) is 31.4 Å². The van der Waals surface area contributed by atoms with Gasteiger partial charge < -0.3 is 10.6 Å². The fraction of sp³-hybridized carbons (Fsp3) is 0.923. The molecule has 1 aliphatic rings. The molecule has 0 spiro atoms. The van der Waals surface area contributed by atoms with E-state index in [4.69, 9.17) is 0 Å². The predicted molar refractivity (Wildman–Crippen MR) is 82.6 cm³/mol. The molecule has 1 rings (SSSR count). The van der Waals surface area contributed by atoms with Crippen molar-refractivity contribution in [3.8, 4) is 0 Å². The van der Waals surface area contributed by atoms with Crippen molar-refractivity contribution < 1.29 is 0 Å². The highest BCUT2D eigenvalue weighted by Crippen LogP contribution is 2.15. The van der Waals surface area contributed by atoms with Gasteiger partial charge in [0.15, 0.2) is 5.96 Å². The van der Waals surface area contributed by atoms with Gasteiger partial charge in [-0.2, -0.15) is 11.8 Å². The topological polar surface area (TPSA) is 39.7 Å². The number of likely N-dealkylation sites (N-methyl/N-ethyl adjacent to an activating group) is 1. The van der Waals surface area contributed by atoms with Crippen molar-refractivity contribution in [1.29, 1.82) is 0 Å². The molecule has 1 aliphatic heterocycles. The van der Waals surface area contributed by atoms with E-state index in [9.17, 15) is 0 Å². The van der Waals surface area contributed by atoms with Crippen LogP contribution in [0.4, 0.5) is 0 Å². The number of aliphatic imine (C=N–C) groups is 1. The lowest BCUT2D eigenvalue weighted by molar-refractivity contribution is 0.267. The minimum Gasteiger partial charge on any atom is -0.355 e. The monoisotopic (exact) mass is 272 g/mol. The summed E-state index contributed by atoms with van der Waals surface area (Å²) in [6, 6.07) is 0.673. The normalized spacial score (nSPS) is 23.1.